The lowest BCUT2D eigenvalue weighted by molar-refractivity contribution is 1.47. The zero-order valence-corrected chi connectivity index (χ0v) is 10.1. The molecule has 0 aliphatic rings. The normalized spacial score (nSPS) is 10.9. The van der Waals surface area contributed by atoms with Crippen molar-refractivity contribution < 1.29 is 0 Å². The molecule has 0 aliphatic heterocycles. The van der Waals surface area contributed by atoms with Crippen LogP contribution >= 0.6 is 11.6 Å². The summed E-state index contributed by atoms with van der Waals surface area (Å²) >= 11 is 6.41. The number of aromatic nitrogens is 1. The highest BCUT2D eigenvalue weighted by molar-refractivity contribution is 6.40. The van der Waals surface area contributed by atoms with E-state index in [1.165, 1.54) is 0 Å². The summed E-state index contributed by atoms with van der Waals surface area (Å²) < 4.78 is 0. The Morgan fingerprint density at radius 3 is 2.59 bits per heavy atom. The molecule has 0 radical (unpaired) electrons. The Labute approximate surface area is 104 Å². The maximum absolute atomic E-state index is 6.41. The van der Waals surface area contributed by atoms with Gasteiger partial charge in [0.2, 0.25) is 0 Å². The van der Waals surface area contributed by atoms with E-state index in [0.717, 1.165) is 32.5 Å². The minimum Gasteiger partial charge on any atom is -0.388 e. The third-order valence-electron chi connectivity index (χ3n) is 2.90. The van der Waals surface area contributed by atoms with Crippen molar-refractivity contribution in [2.45, 2.75) is 0 Å². The standard InChI is InChI=1S/C14H11ClN2/c1-16-9-6-7-11-13(8-9)17-12-5-3-2-4-10(12)14(11)15/h2-8,16H,1H3. The van der Waals surface area contributed by atoms with Gasteiger partial charge in [-0.25, -0.2) is 4.98 Å². The van der Waals surface area contributed by atoms with Gasteiger partial charge in [0, 0.05) is 23.5 Å². The molecule has 0 amide bonds. The van der Waals surface area contributed by atoms with Crippen molar-refractivity contribution in [3.05, 3.63) is 47.5 Å². The monoisotopic (exact) mass is 242 g/mol. The lowest BCUT2D eigenvalue weighted by atomic mass is 10.1. The van der Waals surface area contributed by atoms with Crippen LogP contribution in [0.4, 0.5) is 5.69 Å². The first-order valence-corrected chi connectivity index (χ1v) is 5.83. The SMILES string of the molecule is CNc1ccc2c(Cl)c3ccccc3nc2c1. The number of anilines is 1. The smallest absolute Gasteiger partial charge is 0.0745 e. The summed E-state index contributed by atoms with van der Waals surface area (Å²) in [7, 11) is 1.89. The van der Waals surface area contributed by atoms with Crippen molar-refractivity contribution in [1.29, 1.82) is 0 Å². The first-order chi connectivity index (χ1) is 8.29. The molecule has 17 heavy (non-hydrogen) atoms. The van der Waals surface area contributed by atoms with Crippen molar-refractivity contribution in [3.63, 3.8) is 0 Å². The molecule has 3 heteroatoms. The summed E-state index contributed by atoms with van der Waals surface area (Å²) in [4.78, 5) is 4.62. The van der Waals surface area contributed by atoms with Crippen molar-refractivity contribution in [1.82, 2.24) is 4.98 Å². The van der Waals surface area contributed by atoms with Crippen molar-refractivity contribution in [2.24, 2.45) is 0 Å². The predicted octanol–water partition coefficient (Wildman–Crippen LogP) is 4.08. The number of nitrogens with one attached hydrogen (secondary N) is 1. The van der Waals surface area contributed by atoms with Gasteiger partial charge in [0.15, 0.2) is 0 Å². The van der Waals surface area contributed by atoms with Gasteiger partial charge < -0.3 is 5.32 Å². The van der Waals surface area contributed by atoms with Gasteiger partial charge >= 0.3 is 0 Å². The highest BCUT2D eigenvalue weighted by atomic mass is 35.5. The molecule has 0 saturated heterocycles. The molecule has 0 saturated carbocycles. The van der Waals surface area contributed by atoms with E-state index in [2.05, 4.69) is 10.3 Å². The molecule has 1 aromatic heterocycles. The minimum atomic E-state index is 0.772. The fraction of sp³-hybridized carbons (Fsp3) is 0.0714. The fourth-order valence-electron chi connectivity index (χ4n) is 2.00. The van der Waals surface area contributed by atoms with Crippen molar-refractivity contribution in [2.75, 3.05) is 12.4 Å². The van der Waals surface area contributed by atoms with Crippen LogP contribution in [0.2, 0.25) is 5.02 Å². The Kier molecular flexibility index (Phi) is 2.37. The maximum atomic E-state index is 6.41. The number of fused-ring (bicyclic) bond motifs is 2. The molecule has 0 fully saturated rings. The Hall–Kier alpha value is -1.80. The van der Waals surface area contributed by atoms with Gasteiger partial charge in [0.05, 0.1) is 16.1 Å². The summed E-state index contributed by atoms with van der Waals surface area (Å²) in [5.74, 6) is 0. The number of nitrogens with zero attached hydrogens (tertiary/aromatic N) is 1. The van der Waals surface area contributed by atoms with E-state index < -0.39 is 0 Å². The van der Waals surface area contributed by atoms with Gasteiger partial charge in [0.1, 0.15) is 0 Å². The van der Waals surface area contributed by atoms with Gasteiger partial charge in [-0.15, -0.1) is 0 Å². The highest BCUT2D eigenvalue weighted by Gasteiger charge is 2.06. The van der Waals surface area contributed by atoms with E-state index in [1.807, 2.05) is 49.5 Å². The van der Waals surface area contributed by atoms with Crippen LogP contribution in [0, 0.1) is 0 Å². The molecule has 1 N–H and O–H groups in total. The third kappa shape index (κ3) is 1.61. The lowest BCUT2D eigenvalue weighted by Crippen LogP contribution is -1.89. The first-order valence-electron chi connectivity index (χ1n) is 5.45. The largest absolute Gasteiger partial charge is 0.388 e. The molecule has 0 spiro atoms. The van der Waals surface area contributed by atoms with Crippen LogP contribution in [-0.4, -0.2) is 12.0 Å². The molecule has 2 nitrogen and oxygen atoms in total. The van der Waals surface area contributed by atoms with Crippen LogP contribution in [0.15, 0.2) is 42.5 Å². The molecule has 0 atom stereocenters. The van der Waals surface area contributed by atoms with Gasteiger partial charge in [-0.3, -0.25) is 0 Å². The summed E-state index contributed by atoms with van der Waals surface area (Å²) in [5.41, 5.74) is 2.88. The summed E-state index contributed by atoms with van der Waals surface area (Å²) in [6, 6.07) is 13.9. The summed E-state index contributed by atoms with van der Waals surface area (Å²) in [5, 5.41) is 5.86. The quantitative estimate of drug-likeness (QED) is 0.651. The zero-order valence-electron chi connectivity index (χ0n) is 9.37. The average Bonchev–Trinajstić information content (AvgIpc) is 2.38. The Bertz CT molecular complexity index is 707. The molecule has 84 valence electrons. The number of para-hydroxylation sites is 1. The number of hydrogen-bond donors (Lipinski definition) is 1. The molecule has 0 bridgehead atoms. The minimum absolute atomic E-state index is 0.772. The van der Waals surface area contributed by atoms with E-state index >= 15 is 0 Å². The Morgan fingerprint density at radius 1 is 1.00 bits per heavy atom. The van der Waals surface area contributed by atoms with Crippen molar-refractivity contribution in [3.8, 4) is 0 Å². The lowest BCUT2D eigenvalue weighted by Gasteiger charge is -2.07. The molecular weight excluding hydrogens is 232 g/mol. The third-order valence-corrected chi connectivity index (χ3v) is 3.31. The number of halogens is 1. The van der Waals surface area contributed by atoms with E-state index in [9.17, 15) is 0 Å². The zero-order chi connectivity index (χ0) is 11.8. The molecule has 0 aliphatic carbocycles. The van der Waals surface area contributed by atoms with E-state index in [1.54, 1.807) is 0 Å². The second kappa shape index (κ2) is 3.90. The molecule has 3 rings (SSSR count). The molecule has 3 aromatic rings. The highest BCUT2D eigenvalue weighted by Crippen LogP contribution is 2.31. The van der Waals surface area contributed by atoms with Crippen LogP contribution in [0.1, 0.15) is 0 Å². The number of benzene rings is 2. The van der Waals surface area contributed by atoms with Crippen molar-refractivity contribution >= 4 is 39.1 Å². The summed E-state index contributed by atoms with van der Waals surface area (Å²) in [6.07, 6.45) is 0. The molecular formula is C14H11ClN2. The van der Waals surface area contributed by atoms with Crippen LogP contribution in [-0.2, 0) is 0 Å². The molecule has 1 heterocycles. The van der Waals surface area contributed by atoms with Crippen LogP contribution < -0.4 is 5.32 Å². The Morgan fingerprint density at radius 2 is 1.76 bits per heavy atom. The molecule has 2 aromatic carbocycles. The van der Waals surface area contributed by atoms with Crippen LogP contribution in [0.25, 0.3) is 21.8 Å². The first kappa shape index (κ1) is 10.4. The van der Waals surface area contributed by atoms with Crippen LogP contribution in [0.3, 0.4) is 0 Å². The average molecular weight is 243 g/mol. The second-order valence-corrected chi connectivity index (χ2v) is 4.30. The van der Waals surface area contributed by atoms with Crippen LogP contribution in [0.5, 0.6) is 0 Å². The maximum Gasteiger partial charge on any atom is 0.0745 e. The van der Waals surface area contributed by atoms with Gasteiger partial charge in [-0.1, -0.05) is 29.8 Å². The molecule has 0 unspecified atom stereocenters. The topological polar surface area (TPSA) is 24.9 Å². The van der Waals surface area contributed by atoms with E-state index in [-0.39, 0.29) is 0 Å². The number of pyridine rings is 1. The number of rotatable bonds is 1. The second-order valence-electron chi connectivity index (χ2n) is 3.92. The van der Waals surface area contributed by atoms with E-state index in [4.69, 9.17) is 11.6 Å². The fourth-order valence-corrected chi connectivity index (χ4v) is 2.32. The van der Waals surface area contributed by atoms with Gasteiger partial charge in [-0.05, 0) is 24.3 Å². The van der Waals surface area contributed by atoms with Gasteiger partial charge in [0.25, 0.3) is 0 Å². The Balaban J connectivity index is 2.45. The van der Waals surface area contributed by atoms with Gasteiger partial charge in [-0.2, -0.15) is 0 Å². The predicted molar refractivity (Wildman–Crippen MR) is 73.8 cm³/mol. The number of hydrogen-bond acceptors (Lipinski definition) is 2. The van der Waals surface area contributed by atoms with E-state index in [0.29, 0.717) is 0 Å². The summed E-state index contributed by atoms with van der Waals surface area (Å²) in [6.45, 7) is 0.